The van der Waals surface area contributed by atoms with Gasteiger partial charge in [-0.1, -0.05) is 26.8 Å². The first-order valence-electron chi connectivity index (χ1n) is 8.83. The van der Waals surface area contributed by atoms with E-state index in [-0.39, 0.29) is 34.9 Å². The third kappa shape index (κ3) is 3.16. The van der Waals surface area contributed by atoms with Gasteiger partial charge in [0.2, 0.25) is 11.8 Å². The third-order valence-corrected chi connectivity index (χ3v) is 7.64. The Morgan fingerprint density at radius 3 is 1.96 bits per heavy atom. The number of benzene rings is 1. The number of carbonyl (C=O) groups is 3. The number of thioether (sulfide) groups is 2. The van der Waals surface area contributed by atoms with Gasteiger partial charge in [-0.05, 0) is 37.0 Å². The van der Waals surface area contributed by atoms with Crippen molar-refractivity contribution in [3.8, 4) is 0 Å². The molecule has 0 bridgehead atoms. The molecule has 1 saturated heterocycles. The summed E-state index contributed by atoms with van der Waals surface area (Å²) in [6.07, 6.45) is 0. The minimum atomic E-state index is -0.826. The van der Waals surface area contributed by atoms with Crippen LogP contribution in [0.5, 0.6) is 0 Å². The van der Waals surface area contributed by atoms with Crippen LogP contribution in [0, 0.1) is 5.92 Å². The molecule has 3 rings (SSSR count). The van der Waals surface area contributed by atoms with Crippen LogP contribution in [0.1, 0.15) is 40.2 Å². The molecule has 7 heteroatoms. The molecule has 2 heterocycles. The first kappa shape index (κ1) is 19.3. The van der Waals surface area contributed by atoms with Crippen LogP contribution in [0.3, 0.4) is 0 Å². The third-order valence-electron chi connectivity index (χ3n) is 4.73. The molecule has 4 amide bonds. The fourth-order valence-corrected chi connectivity index (χ4v) is 6.21. The van der Waals surface area contributed by atoms with Crippen LogP contribution in [0.15, 0.2) is 28.0 Å². The Balaban J connectivity index is 1.90. The Hall–Kier alpha value is -1.47. The summed E-state index contributed by atoms with van der Waals surface area (Å²) in [5.41, 5.74) is 1.27. The average Bonchev–Trinajstić information content (AvgIpc) is 2.97. The fraction of sp³-hybridized carbons (Fsp3) is 0.526. The van der Waals surface area contributed by atoms with Crippen LogP contribution >= 0.6 is 23.5 Å². The minimum Gasteiger partial charge on any atom is -0.273 e. The zero-order valence-electron chi connectivity index (χ0n) is 15.7. The van der Waals surface area contributed by atoms with Crippen molar-refractivity contribution < 1.29 is 14.4 Å². The van der Waals surface area contributed by atoms with Crippen LogP contribution in [0.25, 0.3) is 0 Å². The summed E-state index contributed by atoms with van der Waals surface area (Å²) in [5, 5.41) is 0. The van der Waals surface area contributed by atoms with Crippen molar-refractivity contribution in [2.75, 3.05) is 13.1 Å². The topological polar surface area (TPSA) is 57.7 Å². The van der Waals surface area contributed by atoms with Crippen LogP contribution in [0.2, 0.25) is 0 Å². The number of carbonyl (C=O) groups excluding carboxylic acids is 3. The molecule has 1 aromatic carbocycles. The number of barbiturate groups is 1. The second-order valence-corrected chi connectivity index (χ2v) is 10.1. The molecule has 2 aliphatic heterocycles. The largest absolute Gasteiger partial charge is 0.333 e. The maximum Gasteiger partial charge on any atom is 0.333 e. The van der Waals surface area contributed by atoms with Crippen LogP contribution in [-0.2, 0) is 15.0 Å². The van der Waals surface area contributed by atoms with Gasteiger partial charge in [-0.3, -0.25) is 19.4 Å². The van der Waals surface area contributed by atoms with E-state index in [1.807, 2.05) is 0 Å². The predicted octanol–water partition coefficient (Wildman–Crippen LogP) is 3.95. The Bertz CT molecular complexity index is 747. The van der Waals surface area contributed by atoms with E-state index in [0.717, 1.165) is 9.79 Å². The maximum absolute atomic E-state index is 12.8. The van der Waals surface area contributed by atoms with Gasteiger partial charge in [-0.2, -0.15) is 0 Å². The zero-order chi connectivity index (χ0) is 19.2. The quantitative estimate of drug-likeness (QED) is 0.729. The first-order valence-corrected chi connectivity index (χ1v) is 10.6. The molecule has 0 radical (unpaired) electrons. The molecule has 0 spiro atoms. The normalized spacial score (nSPS) is 21.6. The van der Waals surface area contributed by atoms with Crippen molar-refractivity contribution >= 4 is 41.4 Å². The summed E-state index contributed by atoms with van der Waals surface area (Å²) in [7, 11) is 0. The summed E-state index contributed by atoms with van der Waals surface area (Å²) in [4.78, 5) is 42.6. The standard InChI is InChI=1S/C19H24N2O3S2/c1-6-20-15(22)14(16(23)21(7-2)18(20)24)17-25-12-9-8-11(19(3,4)5)10-13(12)26-17/h8-10,14,17H,6-7H2,1-5H3. The van der Waals surface area contributed by atoms with Crippen molar-refractivity contribution in [3.05, 3.63) is 23.8 Å². The van der Waals surface area contributed by atoms with Crippen molar-refractivity contribution in [1.82, 2.24) is 9.80 Å². The molecule has 1 fully saturated rings. The number of nitrogens with zero attached hydrogens (tertiary/aromatic N) is 2. The number of rotatable bonds is 3. The maximum atomic E-state index is 12.8. The SMILES string of the molecule is CCN1C(=O)C(C2Sc3ccc(C(C)(C)C)cc3S2)C(=O)N(CC)C1=O. The van der Waals surface area contributed by atoms with Crippen LogP contribution in [0.4, 0.5) is 4.79 Å². The van der Waals surface area contributed by atoms with Gasteiger partial charge in [0.15, 0.2) is 0 Å². The van der Waals surface area contributed by atoms with E-state index in [9.17, 15) is 14.4 Å². The van der Waals surface area contributed by atoms with E-state index in [1.165, 1.54) is 15.4 Å². The Kier molecular flexibility index (Phi) is 5.14. The number of amides is 4. The second kappa shape index (κ2) is 6.93. The molecular formula is C19H24N2O3S2. The lowest BCUT2D eigenvalue weighted by atomic mass is 9.87. The van der Waals surface area contributed by atoms with Gasteiger partial charge in [-0.15, -0.1) is 23.5 Å². The lowest BCUT2D eigenvalue weighted by molar-refractivity contribution is -0.148. The molecule has 1 unspecified atom stereocenters. The molecule has 140 valence electrons. The summed E-state index contributed by atoms with van der Waals surface area (Å²) in [6, 6.07) is 5.85. The smallest absolute Gasteiger partial charge is 0.273 e. The second-order valence-electron chi connectivity index (χ2n) is 7.44. The van der Waals surface area contributed by atoms with Crippen LogP contribution < -0.4 is 0 Å². The van der Waals surface area contributed by atoms with E-state index < -0.39 is 11.9 Å². The Morgan fingerprint density at radius 2 is 1.46 bits per heavy atom. The highest BCUT2D eigenvalue weighted by molar-refractivity contribution is 8.19. The molecule has 1 aromatic rings. The number of imide groups is 2. The first-order chi connectivity index (χ1) is 12.2. The molecule has 0 saturated carbocycles. The van der Waals surface area contributed by atoms with Crippen molar-refractivity contribution in [1.29, 1.82) is 0 Å². The average molecular weight is 393 g/mol. The highest BCUT2D eigenvalue weighted by Crippen LogP contribution is 2.52. The Morgan fingerprint density at radius 1 is 0.923 bits per heavy atom. The summed E-state index contributed by atoms with van der Waals surface area (Å²) in [6.45, 7) is 10.6. The van der Waals surface area contributed by atoms with Gasteiger partial charge in [0, 0.05) is 22.9 Å². The van der Waals surface area contributed by atoms with Gasteiger partial charge >= 0.3 is 6.03 Å². The number of hydrogen-bond donors (Lipinski definition) is 0. The molecule has 0 N–H and O–H groups in total. The molecule has 2 aliphatic rings. The molecule has 5 nitrogen and oxygen atoms in total. The summed E-state index contributed by atoms with van der Waals surface area (Å²) < 4.78 is -0.239. The van der Waals surface area contributed by atoms with Gasteiger partial charge in [0.1, 0.15) is 5.92 Å². The minimum absolute atomic E-state index is 0.0409. The van der Waals surface area contributed by atoms with Crippen molar-refractivity contribution in [3.63, 3.8) is 0 Å². The molecule has 1 atom stereocenters. The van der Waals surface area contributed by atoms with Gasteiger partial charge in [-0.25, -0.2) is 4.79 Å². The van der Waals surface area contributed by atoms with Gasteiger partial charge in [0.25, 0.3) is 0 Å². The van der Waals surface area contributed by atoms with E-state index in [1.54, 1.807) is 37.4 Å². The monoisotopic (exact) mass is 392 g/mol. The van der Waals surface area contributed by atoms with E-state index in [4.69, 9.17) is 0 Å². The molecule has 0 aromatic heterocycles. The lowest BCUT2D eigenvalue weighted by Gasteiger charge is -2.37. The molecule has 0 aliphatic carbocycles. The van der Waals surface area contributed by atoms with E-state index >= 15 is 0 Å². The lowest BCUT2D eigenvalue weighted by Crippen LogP contribution is -2.61. The number of fused-ring (bicyclic) bond motifs is 1. The van der Waals surface area contributed by atoms with E-state index in [2.05, 4.69) is 39.0 Å². The highest BCUT2D eigenvalue weighted by atomic mass is 32.2. The van der Waals surface area contributed by atoms with Crippen molar-refractivity contribution in [2.24, 2.45) is 5.92 Å². The number of urea groups is 1. The highest BCUT2D eigenvalue weighted by Gasteiger charge is 2.50. The summed E-state index contributed by atoms with van der Waals surface area (Å²) >= 11 is 3.12. The van der Waals surface area contributed by atoms with Crippen molar-refractivity contribution in [2.45, 2.75) is 54.4 Å². The zero-order valence-corrected chi connectivity index (χ0v) is 17.4. The number of hydrogen-bond acceptors (Lipinski definition) is 5. The molecule has 26 heavy (non-hydrogen) atoms. The summed E-state index contributed by atoms with van der Waals surface area (Å²) in [5.74, 6) is -1.57. The van der Waals surface area contributed by atoms with Crippen LogP contribution in [-0.4, -0.2) is 45.3 Å². The van der Waals surface area contributed by atoms with Gasteiger partial charge in [0.05, 0.1) is 4.58 Å². The Labute approximate surface area is 162 Å². The predicted molar refractivity (Wildman–Crippen MR) is 104 cm³/mol. The fourth-order valence-electron chi connectivity index (χ4n) is 3.17. The van der Waals surface area contributed by atoms with Gasteiger partial charge < -0.3 is 0 Å². The molecular weight excluding hydrogens is 368 g/mol. The van der Waals surface area contributed by atoms with E-state index in [0.29, 0.717) is 0 Å².